The Bertz CT molecular complexity index is 882. The summed E-state index contributed by atoms with van der Waals surface area (Å²) < 4.78 is 14.5. The van der Waals surface area contributed by atoms with Crippen LogP contribution >= 0.6 is 11.3 Å². The zero-order chi connectivity index (χ0) is 20.0. The van der Waals surface area contributed by atoms with Gasteiger partial charge in [0.05, 0.1) is 14.2 Å². The molecule has 0 bridgehead atoms. The predicted molar refractivity (Wildman–Crippen MR) is 101 cm³/mol. The van der Waals surface area contributed by atoms with Gasteiger partial charge >= 0.3 is 17.9 Å². The number of hydrogen-bond donors (Lipinski definition) is 1. The molecule has 0 fully saturated rings. The van der Waals surface area contributed by atoms with Crippen molar-refractivity contribution in [3.05, 3.63) is 57.5 Å². The van der Waals surface area contributed by atoms with Gasteiger partial charge in [0.15, 0.2) is 0 Å². The number of ether oxygens (including phenoxy) is 3. The number of aryl methyl sites for hydroxylation is 1. The van der Waals surface area contributed by atoms with Crippen molar-refractivity contribution in [1.82, 2.24) is 0 Å². The largest absolute Gasteiger partial charge is 0.465 e. The first kappa shape index (κ1) is 20.2. The molecule has 0 amide bonds. The van der Waals surface area contributed by atoms with Crippen LogP contribution in [0.2, 0.25) is 0 Å². The molecule has 1 aromatic heterocycles. The van der Waals surface area contributed by atoms with Gasteiger partial charge in [-0.2, -0.15) is 0 Å². The number of benzene rings is 1. The van der Waals surface area contributed by atoms with E-state index in [2.05, 4.69) is 9.47 Å². The van der Waals surface area contributed by atoms with E-state index in [9.17, 15) is 14.4 Å². The molecule has 2 aromatic rings. The van der Waals surface area contributed by atoms with Crippen LogP contribution < -0.4 is 5.73 Å². The van der Waals surface area contributed by atoms with Crippen molar-refractivity contribution >= 4 is 40.3 Å². The third-order valence-electron chi connectivity index (χ3n) is 3.64. The van der Waals surface area contributed by atoms with E-state index in [1.165, 1.54) is 20.3 Å². The molecule has 0 aliphatic carbocycles. The minimum atomic E-state index is -0.722. The predicted octanol–water partition coefficient (Wildman–Crippen LogP) is 2.97. The number of methoxy groups -OCH3 is 2. The van der Waals surface area contributed by atoms with Crippen LogP contribution in [0, 0.1) is 6.92 Å². The minimum Gasteiger partial charge on any atom is -0.465 e. The van der Waals surface area contributed by atoms with Crippen molar-refractivity contribution in [2.45, 2.75) is 13.5 Å². The van der Waals surface area contributed by atoms with Crippen LogP contribution in [0.4, 0.5) is 5.00 Å². The summed E-state index contributed by atoms with van der Waals surface area (Å²) in [5.74, 6) is -2.03. The summed E-state index contributed by atoms with van der Waals surface area (Å²) >= 11 is 0.874. The molecule has 0 aliphatic heterocycles. The number of thiophene rings is 1. The Balaban J connectivity index is 2.18. The average molecular weight is 389 g/mol. The second-order valence-corrected chi connectivity index (χ2v) is 6.54. The highest BCUT2D eigenvalue weighted by Crippen LogP contribution is 2.33. The first-order valence-corrected chi connectivity index (χ1v) is 8.68. The second kappa shape index (κ2) is 9.00. The zero-order valence-electron chi connectivity index (χ0n) is 15.1. The maximum absolute atomic E-state index is 12.0. The maximum atomic E-state index is 12.0. The number of hydrogen-bond acceptors (Lipinski definition) is 8. The van der Waals surface area contributed by atoms with Crippen LogP contribution in [0.3, 0.4) is 0 Å². The molecule has 0 aliphatic rings. The molecule has 0 unspecified atom stereocenters. The summed E-state index contributed by atoms with van der Waals surface area (Å²) in [6.07, 6.45) is 2.86. The van der Waals surface area contributed by atoms with Gasteiger partial charge in [0, 0.05) is 11.6 Å². The quantitative estimate of drug-likeness (QED) is 0.460. The van der Waals surface area contributed by atoms with E-state index in [-0.39, 0.29) is 27.6 Å². The lowest BCUT2D eigenvalue weighted by atomic mass is 10.1. The molecule has 7 nitrogen and oxygen atoms in total. The molecule has 0 atom stereocenters. The average Bonchev–Trinajstić information content (AvgIpc) is 3.00. The van der Waals surface area contributed by atoms with Gasteiger partial charge in [-0.05, 0) is 18.6 Å². The molecule has 27 heavy (non-hydrogen) atoms. The highest BCUT2D eigenvalue weighted by Gasteiger charge is 2.27. The molecule has 0 radical (unpaired) electrons. The van der Waals surface area contributed by atoms with Gasteiger partial charge in [-0.3, -0.25) is 0 Å². The molecular weight excluding hydrogens is 370 g/mol. The van der Waals surface area contributed by atoms with E-state index in [1.54, 1.807) is 6.08 Å². The summed E-state index contributed by atoms with van der Waals surface area (Å²) in [7, 11) is 2.40. The van der Waals surface area contributed by atoms with Gasteiger partial charge in [0.25, 0.3) is 0 Å². The maximum Gasteiger partial charge on any atom is 0.348 e. The fraction of sp³-hybridized carbons (Fsp3) is 0.211. The topological polar surface area (TPSA) is 105 Å². The molecule has 1 heterocycles. The van der Waals surface area contributed by atoms with E-state index >= 15 is 0 Å². The number of nitrogen functional groups attached to an aromatic ring is 1. The Hall–Kier alpha value is -3.13. The van der Waals surface area contributed by atoms with E-state index in [4.69, 9.17) is 10.5 Å². The molecule has 0 saturated heterocycles. The van der Waals surface area contributed by atoms with Crippen molar-refractivity contribution in [3.63, 3.8) is 0 Å². The monoisotopic (exact) mass is 389 g/mol. The van der Waals surface area contributed by atoms with Crippen LogP contribution in [0.15, 0.2) is 30.3 Å². The summed E-state index contributed by atoms with van der Waals surface area (Å²) in [6, 6.07) is 7.57. The Morgan fingerprint density at radius 3 is 2.30 bits per heavy atom. The minimum absolute atomic E-state index is 0.00165. The number of rotatable bonds is 6. The Morgan fingerprint density at radius 1 is 1.07 bits per heavy atom. The second-order valence-electron chi connectivity index (χ2n) is 5.48. The lowest BCUT2D eigenvalue weighted by molar-refractivity contribution is -0.138. The van der Waals surface area contributed by atoms with Crippen LogP contribution in [-0.2, 0) is 25.6 Å². The molecular formula is C19H19NO6S. The molecule has 1 aromatic carbocycles. The molecule has 0 spiro atoms. The summed E-state index contributed by atoms with van der Waals surface area (Å²) in [5.41, 5.74) is 7.92. The lowest BCUT2D eigenvalue weighted by Gasteiger charge is -2.06. The zero-order valence-corrected chi connectivity index (χ0v) is 15.9. The highest BCUT2D eigenvalue weighted by molar-refractivity contribution is 7.18. The van der Waals surface area contributed by atoms with E-state index in [0.717, 1.165) is 22.5 Å². The van der Waals surface area contributed by atoms with Gasteiger partial charge in [0.2, 0.25) is 0 Å². The number of carbonyl (C=O) groups excluding carboxylic acids is 3. The van der Waals surface area contributed by atoms with Crippen LogP contribution in [-0.4, -0.2) is 32.1 Å². The van der Waals surface area contributed by atoms with Crippen LogP contribution in [0.25, 0.3) is 6.08 Å². The standard InChI is InChI=1S/C19H19NO6S/c1-11-4-6-12(7-5-11)8-9-14(21)26-10-13-15(18(22)24-2)17(20)27-16(13)19(23)25-3/h4-9H,10,20H2,1-3H3/b9-8+. The summed E-state index contributed by atoms with van der Waals surface area (Å²) in [4.78, 5) is 36.0. The van der Waals surface area contributed by atoms with Crippen molar-refractivity contribution in [3.8, 4) is 0 Å². The Morgan fingerprint density at radius 2 is 1.70 bits per heavy atom. The van der Waals surface area contributed by atoms with Crippen LogP contribution in [0.1, 0.15) is 36.7 Å². The fourth-order valence-corrected chi connectivity index (χ4v) is 3.22. The van der Waals surface area contributed by atoms with Crippen molar-refractivity contribution < 1.29 is 28.6 Å². The molecule has 0 saturated carbocycles. The van der Waals surface area contributed by atoms with Gasteiger partial charge in [-0.25, -0.2) is 14.4 Å². The number of esters is 3. The van der Waals surface area contributed by atoms with Gasteiger partial charge in [-0.1, -0.05) is 29.8 Å². The first-order valence-electron chi connectivity index (χ1n) is 7.86. The fourth-order valence-electron chi connectivity index (χ4n) is 2.24. The van der Waals surface area contributed by atoms with Gasteiger partial charge in [-0.15, -0.1) is 11.3 Å². The Kier molecular flexibility index (Phi) is 6.73. The smallest absolute Gasteiger partial charge is 0.348 e. The lowest BCUT2D eigenvalue weighted by Crippen LogP contribution is -2.11. The van der Waals surface area contributed by atoms with Crippen molar-refractivity contribution in [2.24, 2.45) is 0 Å². The molecule has 142 valence electrons. The summed E-state index contributed by atoms with van der Waals surface area (Å²) in [6.45, 7) is 1.64. The highest BCUT2D eigenvalue weighted by atomic mass is 32.1. The van der Waals surface area contributed by atoms with Crippen molar-refractivity contribution in [1.29, 1.82) is 0 Å². The number of carbonyl (C=O) groups is 3. The third-order valence-corrected chi connectivity index (χ3v) is 4.68. The van der Waals surface area contributed by atoms with E-state index < -0.39 is 17.9 Å². The SMILES string of the molecule is COC(=O)c1sc(N)c(C(=O)OC)c1COC(=O)/C=C/c1ccc(C)cc1. The van der Waals surface area contributed by atoms with E-state index in [1.807, 2.05) is 31.2 Å². The molecule has 8 heteroatoms. The van der Waals surface area contributed by atoms with Crippen molar-refractivity contribution in [2.75, 3.05) is 20.0 Å². The first-order chi connectivity index (χ1) is 12.9. The van der Waals surface area contributed by atoms with Gasteiger partial charge in [0.1, 0.15) is 22.0 Å². The molecule has 2 rings (SSSR count). The number of nitrogens with two attached hydrogens (primary N) is 1. The van der Waals surface area contributed by atoms with Gasteiger partial charge < -0.3 is 19.9 Å². The molecule has 2 N–H and O–H groups in total. The Labute approximate surface area is 160 Å². The van der Waals surface area contributed by atoms with E-state index in [0.29, 0.717) is 0 Å². The summed E-state index contributed by atoms with van der Waals surface area (Å²) in [5, 5.41) is 0.0866. The normalized spacial score (nSPS) is 10.6. The number of anilines is 1. The van der Waals surface area contributed by atoms with Crippen LogP contribution in [0.5, 0.6) is 0 Å². The third kappa shape index (κ3) is 4.95.